The van der Waals surface area contributed by atoms with E-state index in [0.29, 0.717) is 31.4 Å². The Morgan fingerprint density at radius 2 is 2.00 bits per heavy atom. The Kier molecular flexibility index (Phi) is 3.43. The molecule has 2 aromatic heterocycles. The van der Waals surface area contributed by atoms with Crippen molar-refractivity contribution in [3.8, 4) is 0 Å². The van der Waals surface area contributed by atoms with Gasteiger partial charge >= 0.3 is 5.95 Å². The van der Waals surface area contributed by atoms with Crippen LogP contribution in [0.2, 0.25) is 0 Å². The second kappa shape index (κ2) is 5.74. The quantitative estimate of drug-likeness (QED) is 0.696. The van der Waals surface area contributed by atoms with Gasteiger partial charge in [0.25, 0.3) is 5.82 Å². The van der Waals surface area contributed by atoms with E-state index in [4.69, 9.17) is 6.57 Å². The van der Waals surface area contributed by atoms with E-state index < -0.39 is 0 Å². The number of benzene rings is 1. The van der Waals surface area contributed by atoms with Crippen LogP contribution in [0.3, 0.4) is 0 Å². The van der Waals surface area contributed by atoms with Crippen molar-refractivity contribution in [3.63, 3.8) is 0 Å². The zero-order valence-corrected chi connectivity index (χ0v) is 12.7. The zero-order chi connectivity index (χ0) is 16.5. The molecule has 0 atom stereocenters. The van der Waals surface area contributed by atoms with Crippen molar-refractivity contribution in [1.29, 1.82) is 0 Å². The van der Waals surface area contributed by atoms with Crippen molar-refractivity contribution in [1.82, 2.24) is 19.7 Å². The Morgan fingerprint density at radius 1 is 1.17 bits per heavy atom. The molecule has 118 valence electrons. The summed E-state index contributed by atoms with van der Waals surface area (Å²) < 4.78 is 14.8. The summed E-state index contributed by atoms with van der Waals surface area (Å²) in [7, 11) is 0. The predicted molar refractivity (Wildman–Crippen MR) is 85.9 cm³/mol. The van der Waals surface area contributed by atoms with Gasteiger partial charge < -0.3 is 9.74 Å². The fraction of sp³-hybridized carbons (Fsp3) is 0.176. The van der Waals surface area contributed by atoms with Gasteiger partial charge in [-0.1, -0.05) is 23.7 Å². The molecule has 7 heteroatoms. The van der Waals surface area contributed by atoms with Gasteiger partial charge in [0.05, 0.1) is 25.3 Å². The molecule has 0 saturated heterocycles. The van der Waals surface area contributed by atoms with E-state index >= 15 is 0 Å². The fourth-order valence-electron chi connectivity index (χ4n) is 2.76. The molecule has 6 nitrogen and oxygen atoms in total. The van der Waals surface area contributed by atoms with Gasteiger partial charge in [0.1, 0.15) is 5.82 Å². The van der Waals surface area contributed by atoms with Crippen molar-refractivity contribution in [2.45, 2.75) is 19.6 Å². The van der Waals surface area contributed by atoms with Crippen LogP contribution < -0.4 is 4.90 Å². The van der Waals surface area contributed by atoms with Crippen molar-refractivity contribution >= 4 is 11.8 Å². The minimum absolute atomic E-state index is 0.237. The average molecular weight is 320 g/mol. The van der Waals surface area contributed by atoms with Gasteiger partial charge in [-0.25, -0.2) is 9.37 Å². The maximum Gasteiger partial charge on any atom is 0.322 e. The molecule has 0 radical (unpaired) electrons. The lowest BCUT2D eigenvalue weighted by Gasteiger charge is -2.12. The van der Waals surface area contributed by atoms with Crippen LogP contribution >= 0.6 is 0 Å². The number of aromatic nitrogens is 4. The van der Waals surface area contributed by atoms with E-state index in [1.165, 1.54) is 12.1 Å². The predicted octanol–water partition coefficient (Wildman–Crippen LogP) is 2.93. The number of anilines is 1. The lowest BCUT2D eigenvalue weighted by atomic mass is 10.2. The van der Waals surface area contributed by atoms with Crippen LogP contribution in [0, 0.1) is 12.4 Å². The van der Waals surface area contributed by atoms with Gasteiger partial charge in [-0.3, -0.25) is 4.68 Å². The third kappa shape index (κ3) is 2.70. The van der Waals surface area contributed by atoms with Crippen molar-refractivity contribution in [2.24, 2.45) is 0 Å². The van der Waals surface area contributed by atoms with Gasteiger partial charge in [-0.15, -0.1) is 0 Å². The first kappa shape index (κ1) is 14.3. The summed E-state index contributed by atoms with van der Waals surface area (Å²) in [5.74, 6) is 0.650. The van der Waals surface area contributed by atoms with Gasteiger partial charge in [0, 0.05) is 18.0 Å². The second-order valence-electron chi connectivity index (χ2n) is 5.61. The Bertz CT molecular complexity index is 901. The van der Waals surface area contributed by atoms with Crippen LogP contribution in [0.4, 0.5) is 16.2 Å². The van der Waals surface area contributed by atoms with E-state index in [1.807, 2.05) is 15.8 Å². The summed E-state index contributed by atoms with van der Waals surface area (Å²) in [5, 5.41) is 4.59. The lowest BCUT2D eigenvalue weighted by molar-refractivity contribution is 0.623. The average Bonchev–Trinajstić information content (AvgIpc) is 3.15. The largest absolute Gasteiger partial charge is 0.360 e. The van der Waals surface area contributed by atoms with E-state index in [2.05, 4.69) is 19.9 Å². The summed E-state index contributed by atoms with van der Waals surface area (Å²) in [6, 6.07) is 8.02. The van der Waals surface area contributed by atoms with Gasteiger partial charge in [0.2, 0.25) is 0 Å². The van der Waals surface area contributed by atoms with Crippen LogP contribution in [0.25, 0.3) is 4.85 Å². The molecule has 3 aromatic rings. The summed E-state index contributed by atoms with van der Waals surface area (Å²) in [5.41, 5.74) is 3.10. The molecule has 0 bridgehead atoms. The van der Waals surface area contributed by atoms with Crippen LogP contribution in [-0.4, -0.2) is 19.7 Å². The molecule has 4 rings (SSSR count). The normalized spacial score (nSPS) is 12.9. The second-order valence-corrected chi connectivity index (χ2v) is 5.61. The fourth-order valence-corrected chi connectivity index (χ4v) is 2.76. The summed E-state index contributed by atoms with van der Waals surface area (Å²) in [6.45, 7) is 8.93. The Hall–Kier alpha value is -3.27. The molecule has 3 heterocycles. The first-order valence-electron chi connectivity index (χ1n) is 7.46. The molecule has 0 fully saturated rings. The van der Waals surface area contributed by atoms with Crippen LogP contribution in [0.15, 0.2) is 42.7 Å². The van der Waals surface area contributed by atoms with E-state index in [1.54, 1.807) is 24.4 Å². The van der Waals surface area contributed by atoms with E-state index in [9.17, 15) is 4.39 Å². The highest BCUT2D eigenvalue weighted by Gasteiger charge is 2.26. The van der Waals surface area contributed by atoms with Gasteiger partial charge in [-0.2, -0.15) is 5.10 Å². The molecule has 1 aliphatic rings. The monoisotopic (exact) mass is 320 g/mol. The number of nitrogens with zero attached hydrogens (tertiary/aromatic N) is 6. The highest BCUT2D eigenvalue weighted by molar-refractivity contribution is 5.45. The maximum absolute atomic E-state index is 13.0. The number of fused-ring (bicyclic) bond motifs is 1. The third-order valence-corrected chi connectivity index (χ3v) is 3.91. The maximum atomic E-state index is 13.0. The summed E-state index contributed by atoms with van der Waals surface area (Å²) in [6.07, 6.45) is 3.60. The van der Waals surface area contributed by atoms with Crippen LogP contribution in [-0.2, 0) is 19.6 Å². The smallest absolute Gasteiger partial charge is 0.322 e. The van der Waals surface area contributed by atoms with Crippen LogP contribution in [0.1, 0.15) is 16.8 Å². The van der Waals surface area contributed by atoms with Gasteiger partial charge in [0.15, 0.2) is 0 Å². The Morgan fingerprint density at radius 3 is 2.75 bits per heavy atom. The molecular formula is C17H13FN6. The molecule has 0 spiro atoms. The molecule has 0 amide bonds. The molecule has 1 aliphatic heterocycles. The minimum atomic E-state index is -0.237. The number of hydrogen-bond donors (Lipinski definition) is 0. The minimum Gasteiger partial charge on any atom is -0.360 e. The number of rotatable bonds is 3. The van der Waals surface area contributed by atoms with Crippen molar-refractivity contribution < 1.29 is 4.39 Å². The summed E-state index contributed by atoms with van der Waals surface area (Å²) in [4.78, 5) is 13.8. The number of hydrogen-bond acceptors (Lipinski definition) is 4. The van der Waals surface area contributed by atoms with Crippen molar-refractivity contribution in [3.05, 3.63) is 76.8 Å². The van der Waals surface area contributed by atoms with E-state index in [-0.39, 0.29) is 5.82 Å². The molecule has 24 heavy (non-hydrogen) atoms. The highest BCUT2D eigenvalue weighted by atomic mass is 19.1. The standard InChI is InChI=1S/C17H13FN6/c1-19-16-6-7-20-17(21-16)23-9-13-10-24(22-15(13)11-23)8-12-2-4-14(18)5-3-12/h2-7,10H,8-9,11H2. The lowest BCUT2D eigenvalue weighted by Crippen LogP contribution is -2.18. The molecule has 0 unspecified atom stereocenters. The molecule has 1 aromatic carbocycles. The zero-order valence-electron chi connectivity index (χ0n) is 12.7. The Labute approximate surface area is 138 Å². The Balaban J connectivity index is 1.49. The first-order valence-corrected chi connectivity index (χ1v) is 7.46. The van der Waals surface area contributed by atoms with Crippen molar-refractivity contribution in [2.75, 3.05) is 4.90 Å². The highest BCUT2D eigenvalue weighted by Crippen LogP contribution is 2.26. The molecule has 0 N–H and O–H groups in total. The topological polar surface area (TPSA) is 51.2 Å². The van der Waals surface area contributed by atoms with Crippen LogP contribution in [0.5, 0.6) is 0 Å². The molecule has 0 saturated carbocycles. The van der Waals surface area contributed by atoms with Gasteiger partial charge in [-0.05, 0) is 23.8 Å². The SMILES string of the molecule is [C-]#[N+]c1ccnc(N2Cc3cn(Cc4ccc(F)cc4)nc3C2)n1. The summed E-state index contributed by atoms with van der Waals surface area (Å²) >= 11 is 0. The van der Waals surface area contributed by atoms with E-state index in [0.717, 1.165) is 16.8 Å². The first-order chi connectivity index (χ1) is 11.7. The third-order valence-electron chi connectivity index (χ3n) is 3.91. The molecule has 0 aliphatic carbocycles. The number of halogens is 1. The molecular weight excluding hydrogens is 307 g/mol.